The van der Waals surface area contributed by atoms with Gasteiger partial charge in [0, 0.05) is 14.0 Å². The van der Waals surface area contributed by atoms with E-state index in [4.69, 9.17) is 9.68 Å². The monoisotopic (exact) mass is 369 g/mol. The van der Waals surface area contributed by atoms with Gasteiger partial charge in [-0.1, -0.05) is 34.5 Å². The quantitative estimate of drug-likeness (QED) is 0.450. The Morgan fingerprint density at radius 1 is 1.28 bits per heavy atom. The Bertz CT molecular complexity index is 692. The van der Waals surface area contributed by atoms with Gasteiger partial charge in [-0.3, -0.25) is 4.79 Å². The number of nitrogens with zero attached hydrogens (tertiary/aromatic N) is 3. The number of halogens is 1. The molecule has 1 atom stereocenters. The third-order valence-corrected chi connectivity index (χ3v) is 3.83. The molecule has 9 heteroatoms. The van der Waals surface area contributed by atoms with Crippen molar-refractivity contribution in [3.05, 3.63) is 35.4 Å². The number of carbonyl (C=O) groups is 3. The van der Waals surface area contributed by atoms with E-state index >= 15 is 0 Å². The van der Waals surface area contributed by atoms with Crippen molar-refractivity contribution in [3.63, 3.8) is 0 Å². The Morgan fingerprint density at radius 2 is 1.88 bits per heavy atom. The summed E-state index contributed by atoms with van der Waals surface area (Å²) in [6.45, 7) is 5.03. The number of hydrogen-bond acceptors (Lipinski definition) is 6. The van der Waals surface area contributed by atoms with Gasteiger partial charge in [0.1, 0.15) is 12.1 Å². The number of urea groups is 1. The molecule has 1 fully saturated rings. The van der Waals surface area contributed by atoms with E-state index in [1.54, 1.807) is 37.4 Å². The van der Waals surface area contributed by atoms with E-state index in [0.717, 1.165) is 12.5 Å². The minimum absolute atomic E-state index is 0. The maximum Gasteiger partial charge on any atom is 0.361 e. The van der Waals surface area contributed by atoms with Crippen molar-refractivity contribution in [2.45, 2.75) is 26.3 Å². The lowest BCUT2D eigenvalue weighted by molar-refractivity contribution is -0.182. The number of benzene rings is 1. The van der Waals surface area contributed by atoms with Crippen LogP contribution in [0.15, 0.2) is 29.4 Å². The molecule has 1 aliphatic rings. The standard InChI is InChI=1S/C16H19N3O5.ClH/c1-5-23-17-10-12-6-8-13(9-7-12)16(3)14(21)19(24-11(2)20)15(22)18(16)4;/h6-10H,5H2,1-4H3;1H. The van der Waals surface area contributed by atoms with Crippen molar-refractivity contribution in [2.75, 3.05) is 13.7 Å². The van der Waals surface area contributed by atoms with Crippen molar-refractivity contribution in [2.24, 2.45) is 5.16 Å². The smallest absolute Gasteiger partial charge is 0.361 e. The van der Waals surface area contributed by atoms with Crippen LogP contribution in [0.2, 0.25) is 0 Å². The van der Waals surface area contributed by atoms with Gasteiger partial charge in [0.15, 0.2) is 0 Å². The molecule has 2 rings (SSSR count). The maximum absolute atomic E-state index is 12.6. The Hall–Kier alpha value is -2.61. The number of imide groups is 1. The molecular formula is C16H20ClN3O5. The van der Waals surface area contributed by atoms with Gasteiger partial charge in [0.05, 0.1) is 6.21 Å². The number of oxime groups is 1. The molecule has 0 spiro atoms. The van der Waals surface area contributed by atoms with Gasteiger partial charge in [0.25, 0.3) is 5.91 Å². The summed E-state index contributed by atoms with van der Waals surface area (Å²) in [5.74, 6) is -1.36. The van der Waals surface area contributed by atoms with E-state index in [1.165, 1.54) is 11.9 Å². The normalized spacial score (nSPS) is 20.0. The summed E-state index contributed by atoms with van der Waals surface area (Å²) in [5.41, 5.74) is 0.112. The molecule has 0 aliphatic carbocycles. The van der Waals surface area contributed by atoms with Gasteiger partial charge in [-0.2, -0.15) is 0 Å². The Balaban J connectivity index is 0.00000312. The molecule has 1 unspecified atom stereocenters. The fourth-order valence-electron chi connectivity index (χ4n) is 2.35. The fraction of sp³-hybridized carbons (Fsp3) is 0.375. The van der Waals surface area contributed by atoms with Crippen molar-refractivity contribution in [1.29, 1.82) is 0 Å². The Kier molecular flexibility index (Phi) is 6.52. The first-order valence-corrected chi connectivity index (χ1v) is 7.39. The molecule has 0 saturated carbocycles. The molecule has 1 heterocycles. The van der Waals surface area contributed by atoms with Gasteiger partial charge in [-0.15, -0.1) is 12.4 Å². The topological polar surface area (TPSA) is 88.5 Å². The van der Waals surface area contributed by atoms with Gasteiger partial charge in [-0.25, -0.2) is 9.59 Å². The maximum atomic E-state index is 12.6. The van der Waals surface area contributed by atoms with E-state index in [9.17, 15) is 14.4 Å². The lowest BCUT2D eigenvalue weighted by atomic mass is 9.90. The highest BCUT2D eigenvalue weighted by Crippen LogP contribution is 2.36. The predicted octanol–water partition coefficient (Wildman–Crippen LogP) is 2.07. The molecule has 0 bridgehead atoms. The molecule has 136 valence electrons. The van der Waals surface area contributed by atoms with Crippen molar-refractivity contribution in [3.8, 4) is 0 Å². The zero-order chi connectivity index (χ0) is 17.9. The van der Waals surface area contributed by atoms with Crippen LogP contribution in [0.5, 0.6) is 0 Å². The Labute approximate surface area is 151 Å². The number of carbonyl (C=O) groups excluding carboxylic acids is 3. The summed E-state index contributed by atoms with van der Waals surface area (Å²) in [7, 11) is 1.48. The van der Waals surface area contributed by atoms with Crippen LogP contribution < -0.4 is 0 Å². The summed E-state index contributed by atoms with van der Waals surface area (Å²) in [6.07, 6.45) is 1.55. The average molecular weight is 370 g/mol. The van der Waals surface area contributed by atoms with Gasteiger partial charge in [-0.05, 0) is 25.0 Å². The van der Waals surface area contributed by atoms with Crippen LogP contribution in [-0.2, 0) is 24.8 Å². The SMILES string of the molecule is CCON=Cc1ccc(C2(C)C(=O)N(OC(C)=O)C(=O)N2C)cc1.Cl. The van der Waals surface area contributed by atoms with Crippen LogP contribution in [-0.4, -0.2) is 47.7 Å². The third-order valence-electron chi connectivity index (χ3n) is 3.83. The average Bonchev–Trinajstić information content (AvgIpc) is 2.72. The minimum atomic E-state index is -1.26. The lowest BCUT2D eigenvalue weighted by Gasteiger charge is -2.28. The number of hydrogen-bond donors (Lipinski definition) is 0. The van der Waals surface area contributed by atoms with E-state index in [1.807, 2.05) is 6.92 Å². The van der Waals surface area contributed by atoms with E-state index < -0.39 is 23.4 Å². The van der Waals surface area contributed by atoms with Crippen LogP contribution >= 0.6 is 12.4 Å². The van der Waals surface area contributed by atoms with Crippen LogP contribution in [0.1, 0.15) is 31.9 Å². The fourth-order valence-corrected chi connectivity index (χ4v) is 2.35. The molecule has 1 saturated heterocycles. The number of hydroxylamine groups is 2. The van der Waals surface area contributed by atoms with E-state index in [2.05, 4.69) is 5.16 Å². The largest absolute Gasteiger partial charge is 0.396 e. The van der Waals surface area contributed by atoms with Gasteiger partial charge >= 0.3 is 12.0 Å². The first-order valence-electron chi connectivity index (χ1n) is 7.39. The summed E-state index contributed by atoms with van der Waals surface area (Å²) in [6, 6.07) is 6.24. The highest BCUT2D eigenvalue weighted by atomic mass is 35.5. The highest BCUT2D eigenvalue weighted by Gasteiger charge is 2.55. The molecule has 8 nitrogen and oxygen atoms in total. The van der Waals surface area contributed by atoms with Crippen LogP contribution in [0, 0.1) is 0 Å². The van der Waals surface area contributed by atoms with Crippen LogP contribution in [0.25, 0.3) is 0 Å². The zero-order valence-electron chi connectivity index (χ0n) is 14.4. The molecule has 3 amide bonds. The van der Waals surface area contributed by atoms with Crippen molar-refractivity contribution >= 4 is 36.5 Å². The first-order chi connectivity index (χ1) is 11.3. The summed E-state index contributed by atoms with van der Waals surface area (Å²) < 4.78 is 0. The van der Waals surface area contributed by atoms with Crippen molar-refractivity contribution < 1.29 is 24.1 Å². The molecule has 1 aromatic carbocycles. The van der Waals surface area contributed by atoms with Crippen LogP contribution in [0.4, 0.5) is 4.79 Å². The summed E-state index contributed by atoms with van der Waals surface area (Å²) in [4.78, 5) is 46.8. The number of rotatable bonds is 5. The van der Waals surface area contributed by atoms with E-state index in [0.29, 0.717) is 17.2 Å². The third kappa shape index (κ3) is 3.74. The Morgan fingerprint density at radius 3 is 2.40 bits per heavy atom. The lowest BCUT2D eigenvalue weighted by Crippen LogP contribution is -2.42. The molecule has 0 aromatic heterocycles. The zero-order valence-corrected chi connectivity index (χ0v) is 15.2. The molecular weight excluding hydrogens is 350 g/mol. The summed E-state index contributed by atoms with van der Waals surface area (Å²) >= 11 is 0. The molecule has 1 aliphatic heterocycles. The minimum Gasteiger partial charge on any atom is -0.396 e. The second-order valence-electron chi connectivity index (χ2n) is 5.37. The van der Waals surface area contributed by atoms with Gasteiger partial charge in [0.2, 0.25) is 0 Å². The number of amides is 3. The predicted molar refractivity (Wildman–Crippen MR) is 92.0 cm³/mol. The molecule has 1 aromatic rings. The highest BCUT2D eigenvalue weighted by molar-refractivity contribution is 6.06. The second kappa shape index (κ2) is 7.98. The number of likely N-dealkylation sites (N-methyl/N-ethyl adjacent to an activating group) is 1. The second-order valence-corrected chi connectivity index (χ2v) is 5.37. The first kappa shape index (κ1) is 20.4. The summed E-state index contributed by atoms with van der Waals surface area (Å²) in [5, 5.41) is 4.26. The van der Waals surface area contributed by atoms with Crippen LogP contribution in [0.3, 0.4) is 0 Å². The molecule has 0 radical (unpaired) electrons. The molecule has 0 N–H and O–H groups in total. The van der Waals surface area contributed by atoms with Crippen molar-refractivity contribution in [1.82, 2.24) is 9.96 Å². The van der Waals surface area contributed by atoms with E-state index in [-0.39, 0.29) is 12.4 Å². The molecule has 25 heavy (non-hydrogen) atoms. The van der Waals surface area contributed by atoms with Gasteiger partial charge < -0.3 is 14.6 Å².